The summed E-state index contributed by atoms with van der Waals surface area (Å²) in [6.07, 6.45) is 0. The Morgan fingerprint density at radius 1 is 0.860 bits per heavy atom. The van der Waals surface area contributed by atoms with Crippen LogP contribution in [-0.4, -0.2) is 76.9 Å². The van der Waals surface area contributed by atoms with E-state index in [1.165, 1.54) is 20.1 Å². The molecular formula is C29H34N8O5S. The molecular weight excluding hydrogens is 572 g/mol. The van der Waals surface area contributed by atoms with Crippen LogP contribution in [0.3, 0.4) is 0 Å². The first-order chi connectivity index (χ1) is 20.4. The monoisotopic (exact) mass is 606 g/mol. The lowest BCUT2D eigenvalue weighted by Crippen LogP contribution is -2.27. The van der Waals surface area contributed by atoms with E-state index in [1.807, 2.05) is 0 Å². The molecule has 4 N–H and O–H groups in total. The van der Waals surface area contributed by atoms with Gasteiger partial charge >= 0.3 is 0 Å². The molecule has 226 valence electrons. The summed E-state index contributed by atoms with van der Waals surface area (Å²) < 4.78 is 35.7. The van der Waals surface area contributed by atoms with E-state index < -0.39 is 10.0 Å². The van der Waals surface area contributed by atoms with E-state index in [0.29, 0.717) is 39.5 Å². The molecule has 0 saturated carbocycles. The third kappa shape index (κ3) is 7.67. The molecule has 1 aromatic heterocycles. The van der Waals surface area contributed by atoms with Gasteiger partial charge in [-0.05, 0) is 44.4 Å². The second-order valence-corrected chi connectivity index (χ2v) is 11.8. The van der Waals surface area contributed by atoms with Crippen LogP contribution in [0.15, 0.2) is 65.6 Å². The van der Waals surface area contributed by atoms with Crippen molar-refractivity contribution in [1.29, 1.82) is 0 Å². The molecule has 3 aromatic carbocycles. The number of methoxy groups -OCH3 is 1. The number of likely N-dealkylation sites (N-methyl/N-ethyl adjacent to an activating group) is 1. The zero-order valence-corrected chi connectivity index (χ0v) is 25.5. The van der Waals surface area contributed by atoms with Crippen molar-refractivity contribution in [1.82, 2.24) is 14.9 Å². The van der Waals surface area contributed by atoms with E-state index in [1.54, 1.807) is 92.6 Å². The highest BCUT2D eigenvalue weighted by molar-refractivity contribution is 7.93. The lowest BCUT2D eigenvalue weighted by molar-refractivity contribution is -0.117. The third-order valence-corrected chi connectivity index (χ3v) is 7.37. The van der Waals surface area contributed by atoms with Crippen molar-refractivity contribution in [3.05, 3.63) is 60.7 Å². The van der Waals surface area contributed by atoms with E-state index >= 15 is 0 Å². The average Bonchev–Trinajstić information content (AvgIpc) is 2.92. The maximum absolute atomic E-state index is 13.9. The number of aromatic nitrogens is 2. The van der Waals surface area contributed by atoms with Gasteiger partial charge in [-0.1, -0.05) is 18.2 Å². The summed E-state index contributed by atoms with van der Waals surface area (Å²) in [7, 11) is 4.18. The van der Waals surface area contributed by atoms with Gasteiger partial charge < -0.3 is 30.5 Å². The number of amides is 2. The molecule has 0 aliphatic heterocycles. The molecule has 0 aliphatic carbocycles. The molecule has 0 fully saturated rings. The van der Waals surface area contributed by atoms with Crippen LogP contribution in [0.4, 0.5) is 34.4 Å². The standard InChI is InChI=1S/C29H34N8O5S/c1-18(38)30-24-12-9-13-25(27(24)37(4)5)43(40,41)35-29-28(33-22-10-7-8-11-23(22)34-29)32-20-14-19(15-21(16-20)42-6)31-26(39)17-36(2)3/h7-16H,17H2,1-6H3,(H,30,38)(H,31,39)(H,32,33)(H,34,35). The number of benzene rings is 3. The van der Waals surface area contributed by atoms with Crippen LogP contribution in [0, 0.1) is 0 Å². The quantitative estimate of drug-likeness (QED) is 0.198. The smallest absolute Gasteiger partial charge is 0.265 e. The molecule has 4 rings (SSSR count). The molecule has 2 amide bonds. The predicted octanol–water partition coefficient (Wildman–Crippen LogP) is 3.71. The number of carbonyl (C=O) groups excluding carboxylic acids is 2. The van der Waals surface area contributed by atoms with E-state index in [0.717, 1.165) is 0 Å². The van der Waals surface area contributed by atoms with Crippen molar-refractivity contribution < 1.29 is 22.7 Å². The zero-order chi connectivity index (χ0) is 31.3. The predicted molar refractivity (Wildman–Crippen MR) is 169 cm³/mol. The minimum Gasteiger partial charge on any atom is -0.497 e. The Bertz CT molecular complexity index is 1780. The Balaban J connectivity index is 1.78. The number of nitrogens with one attached hydrogen (secondary N) is 4. The van der Waals surface area contributed by atoms with Crippen molar-refractivity contribution in [2.45, 2.75) is 11.8 Å². The molecule has 1 heterocycles. The van der Waals surface area contributed by atoms with Gasteiger partial charge in [0.2, 0.25) is 11.8 Å². The molecule has 0 radical (unpaired) electrons. The lowest BCUT2D eigenvalue weighted by atomic mass is 10.2. The Morgan fingerprint density at radius 2 is 1.51 bits per heavy atom. The summed E-state index contributed by atoms with van der Waals surface area (Å²) in [6, 6.07) is 16.7. The molecule has 0 atom stereocenters. The summed E-state index contributed by atoms with van der Waals surface area (Å²) in [6.45, 7) is 1.53. The van der Waals surface area contributed by atoms with Crippen LogP contribution < -0.4 is 30.3 Å². The number of anilines is 6. The van der Waals surface area contributed by atoms with Crippen LogP contribution in [0.1, 0.15) is 6.92 Å². The lowest BCUT2D eigenvalue weighted by Gasteiger charge is -2.22. The highest BCUT2D eigenvalue weighted by atomic mass is 32.2. The van der Waals surface area contributed by atoms with Crippen molar-refractivity contribution in [3.8, 4) is 5.75 Å². The molecule has 0 spiro atoms. The summed E-state index contributed by atoms with van der Waals surface area (Å²) >= 11 is 0. The minimum atomic E-state index is -4.25. The van der Waals surface area contributed by atoms with Gasteiger partial charge in [0.1, 0.15) is 10.6 Å². The van der Waals surface area contributed by atoms with Gasteiger partial charge in [-0.15, -0.1) is 0 Å². The van der Waals surface area contributed by atoms with Gasteiger partial charge in [0.15, 0.2) is 11.6 Å². The molecule has 0 saturated heterocycles. The fourth-order valence-electron chi connectivity index (χ4n) is 4.32. The maximum Gasteiger partial charge on any atom is 0.265 e. The van der Waals surface area contributed by atoms with Crippen LogP contribution in [0.2, 0.25) is 0 Å². The Hall–Kier alpha value is -4.95. The number of ether oxygens (including phenoxy) is 1. The first-order valence-electron chi connectivity index (χ1n) is 13.1. The number of fused-ring (bicyclic) bond motifs is 1. The molecule has 0 unspecified atom stereocenters. The van der Waals surface area contributed by atoms with Crippen LogP contribution in [0.25, 0.3) is 11.0 Å². The van der Waals surface area contributed by atoms with E-state index in [4.69, 9.17) is 4.74 Å². The largest absolute Gasteiger partial charge is 0.497 e. The first kappa shape index (κ1) is 31.0. The third-order valence-electron chi connectivity index (χ3n) is 6.00. The SMILES string of the molecule is COc1cc(NC(=O)CN(C)C)cc(Nc2nc3ccccc3nc2NS(=O)(=O)c2cccc(NC(C)=O)c2N(C)C)c1. The van der Waals surface area contributed by atoms with Crippen LogP contribution in [-0.2, 0) is 19.6 Å². The highest BCUT2D eigenvalue weighted by Gasteiger charge is 2.25. The van der Waals surface area contributed by atoms with Crippen LogP contribution in [0.5, 0.6) is 5.75 Å². The van der Waals surface area contributed by atoms with Crippen molar-refractivity contribution in [3.63, 3.8) is 0 Å². The molecule has 0 bridgehead atoms. The Labute approximate surface area is 250 Å². The number of para-hydroxylation sites is 3. The number of hydrogen-bond acceptors (Lipinski definition) is 10. The number of rotatable bonds is 11. The van der Waals surface area contributed by atoms with E-state index in [9.17, 15) is 18.0 Å². The summed E-state index contributed by atoms with van der Waals surface area (Å²) in [5.41, 5.74) is 2.55. The van der Waals surface area contributed by atoms with Gasteiger partial charge in [-0.2, -0.15) is 0 Å². The van der Waals surface area contributed by atoms with Gasteiger partial charge in [-0.3, -0.25) is 14.3 Å². The van der Waals surface area contributed by atoms with E-state index in [2.05, 4.69) is 30.6 Å². The molecule has 4 aromatic rings. The summed E-state index contributed by atoms with van der Waals surface area (Å²) in [5.74, 6) is -0.0549. The first-order valence-corrected chi connectivity index (χ1v) is 14.6. The fourth-order valence-corrected chi connectivity index (χ4v) is 5.63. The fraction of sp³-hybridized carbons (Fsp3) is 0.241. The molecule has 0 aliphatic rings. The topological polar surface area (TPSA) is 158 Å². The van der Waals surface area contributed by atoms with Crippen molar-refractivity contribution >= 4 is 67.3 Å². The maximum atomic E-state index is 13.9. The molecule has 43 heavy (non-hydrogen) atoms. The zero-order valence-electron chi connectivity index (χ0n) is 24.7. The number of nitrogens with zero attached hydrogens (tertiary/aromatic N) is 4. The average molecular weight is 607 g/mol. The minimum absolute atomic E-state index is 0.0608. The number of sulfonamides is 1. The van der Waals surface area contributed by atoms with Crippen LogP contribution >= 0.6 is 0 Å². The molecule has 14 heteroatoms. The summed E-state index contributed by atoms with van der Waals surface area (Å²) in [4.78, 5) is 36.7. The summed E-state index contributed by atoms with van der Waals surface area (Å²) in [5, 5.41) is 8.65. The Kier molecular flexibility index (Phi) is 9.31. The second kappa shape index (κ2) is 12.9. The molecule has 13 nitrogen and oxygen atoms in total. The number of carbonyl (C=O) groups is 2. The Morgan fingerprint density at radius 3 is 2.12 bits per heavy atom. The van der Waals surface area contributed by atoms with Crippen molar-refractivity contribution in [2.75, 3.05) is 67.4 Å². The normalized spacial score (nSPS) is 11.2. The number of hydrogen-bond donors (Lipinski definition) is 4. The van der Waals surface area contributed by atoms with Gasteiger partial charge in [0.25, 0.3) is 10.0 Å². The van der Waals surface area contributed by atoms with Gasteiger partial charge in [0.05, 0.1) is 36.1 Å². The van der Waals surface area contributed by atoms with Gasteiger partial charge in [-0.25, -0.2) is 18.4 Å². The van der Waals surface area contributed by atoms with Crippen molar-refractivity contribution in [2.24, 2.45) is 0 Å². The van der Waals surface area contributed by atoms with Gasteiger partial charge in [0, 0.05) is 44.5 Å². The van der Waals surface area contributed by atoms with E-state index in [-0.39, 0.29) is 34.9 Å². The second-order valence-electron chi connectivity index (χ2n) is 10.1. The highest BCUT2D eigenvalue weighted by Crippen LogP contribution is 2.35.